The number of amides is 1. The van der Waals surface area contributed by atoms with Gasteiger partial charge in [0, 0.05) is 28.5 Å². The van der Waals surface area contributed by atoms with Crippen LogP contribution in [0.2, 0.25) is 0 Å². The summed E-state index contributed by atoms with van der Waals surface area (Å²) in [5.74, 6) is -0.390. The first-order chi connectivity index (χ1) is 12.0. The van der Waals surface area contributed by atoms with Crippen molar-refractivity contribution in [1.82, 2.24) is 4.90 Å². The van der Waals surface area contributed by atoms with Crippen molar-refractivity contribution in [3.8, 4) is 6.07 Å². The van der Waals surface area contributed by atoms with Crippen molar-refractivity contribution in [3.05, 3.63) is 75.0 Å². The molecular formula is C20H20IN3O. The second kappa shape index (κ2) is 9.23. The molecular weight excluding hydrogens is 425 g/mol. The topological polar surface area (TPSA) is 56.1 Å². The molecule has 4 nitrogen and oxygen atoms in total. The highest BCUT2D eigenvalue weighted by molar-refractivity contribution is 14.1. The number of nitrogens with zero attached hydrogens (tertiary/aromatic N) is 2. The molecule has 0 atom stereocenters. The van der Waals surface area contributed by atoms with E-state index in [1.54, 1.807) is 6.20 Å². The van der Waals surface area contributed by atoms with Gasteiger partial charge >= 0.3 is 0 Å². The third-order valence-corrected chi connectivity index (χ3v) is 4.42. The fourth-order valence-electron chi connectivity index (χ4n) is 2.34. The van der Waals surface area contributed by atoms with Gasteiger partial charge in [-0.15, -0.1) is 0 Å². The summed E-state index contributed by atoms with van der Waals surface area (Å²) in [6, 6.07) is 17.7. The van der Waals surface area contributed by atoms with Crippen LogP contribution < -0.4 is 5.32 Å². The first kappa shape index (κ1) is 19.0. The van der Waals surface area contributed by atoms with Crippen molar-refractivity contribution in [1.29, 1.82) is 5.26 Å². The first-order valence-corrected chi connectivity index (χ1v) is 9.08. The van der Waals surface area contributed by atoms with Crippen molar-refractivity contribution in [3.63, 3.8) is 0 Å². The molecule has 0 fully saturated rings. The van der Waals surface area contributed by atoms with Crippen molar-refractivity contribution < 1.29 is 4.79 Å². The van der Waals surface area contributed by atoms with Gasteiger partial charge in [0.2, 0.25) is 0 Å². The number of aryl methyl sites for hydroxylation is 1. The number of carbonyl (C=O) groups excluding carboxylic acids is 1. The maximum atomic E-state index is 12.5. The van der Waals surface area contributed by atoms with Crippen LogP contribution in [0.5, 0.6) is 0 Å². The molecule has 0 bridgehead atoms. The van der Waals surface area contributed by atoms with Gasteiger partial charge in [0.1, 0.15) is 11.6 Å². The van der Waals surface area contributed by atoms with Gasteiger partial charge in [-0.2, -0.15) is 5.26 Å². The van der Waals surface area contributed by atoms with Gasteiger partial charge in [0.25, 0.3) is 5.91 Å². The third-order valence-electron chi connectivity index (χ3n) is 3.75. The van der Waals surface area contributed by atoms with Crippen LogP contribution in [0.3, 0.4) is 0 Å². The predicted octanol–water partition coefficient (Wildman–Crippen LogP) is 4.47. The minimum absolute atomic E-state index is 0.0933. The third kappa shape index (κ3) is 5.61. The second-order valence-corrected chi connectivity index (χ2v) is 6.86. The summed E-state index contributed by atoms with van der Waals surface area (Å²) >= 11 is 2.22. The molecule has 0 spiro atoms. The number of benzene rings is 2. The Bertz CT molecular complexity index is 809. The number of nitrogens with one attached hydrogen (secondary N) is 1. The number of nitriles is 1. The monoisotopic (exact) mass is 445 g/mol. The van der Waals surface area contributed by atoms with Gasteiger partial charge in [-0.1, -0.05) is 30.3 Å². The quantitative estimate of drug-likeness (QED) is 0.406. The highest BCUT2D eigenvalue weighted by atomic mass is 127. The Balaban J connectivity index is 2.14. The summed E-state index contributed by atoms with van der Waals surface area (Å²) in [6.45, 7) is 5.28. The lowest BCUT2D eigenvalue weighted by Gasteiger charge is -2.19. The van der Waals surface area contributed by atoms with E-state index in [0.717, 1.165) is 20.4 Å². The number of anilines is 1. The van der Waals surface area contributed by atoms with Crippen LogP contribution in [0.15, 0.2) is 60.3 Å². The van der Waals surface area contributed by atoms with E-state index < -0.39 is 5.91 Å². The zero-order valence-corrected chi connectivity index (χ0v) is 16.4. The number of carbonyl (C=O) groups is 1. The highest BCUT2D eigenvalue weighted by Crippen LogP contribution is 2.18. The molecule has 0 saturated heterocycles. The average molecular weight is 445 g/mol. The van der Waals surface area contributed by atoms with Gasteiger partial charge in [-0.05, 0) is 65.8 Å². The fraction of sp³-hybridized carbons (Fsp3) is 0.200. The maximum absolute atomic E-state index is 12.5. The maximum Gasteiger partial charge on any atom is 0.267 e. The summed E-state index contributed by atoms with van der Waals surface area (Å²) in [6.07, 6.45) is 1.63. The number of rotatable bonds is 6. The molecule has 0 aliphatic heterocycles. The Morgan fingerprint density at radius 3 is 2.60 bits per heavy atom. The Morgan fingerprint density at radius 2 is 2.00 bits per heavy atom. The fourth-order valence-corrected chi connectivity index (χ4v) is 2.99. The molecule has 0 saturated carbocycles. The molecule has 0 aliphatic rings. The molecule has 0 heterocycles. The molecule has 0 unspecified atom stereocenters. The van der Waals surface area contributed by atoms with Gasteiger partial charge < -0.3 is 10.2 Å². The standard InChI is InChI=1S/C20H20IN3O/c1-3-24(13-16-7-5-4-6-8-16)14-17(12-22)20(25)23-19-10-9-18(21)11-15(19)2/h4-11,14H,3,13H2,1-2H3,(H,23,25)/b17-14-. The Labute approximate surface area is 162 Å². The van der Waals surface area contributed by atoms with Crippen LogP contribution >= 0.6 is 22.6 Å². The smallest absolute Gasteiger partial charge is 0.267 e. The summed E-state index contributed by atoms with van der Waals surface area (Å²) in [7, 11) is 0. The van der Waals surface area contributed by atoms with Crippen molar-refractivity contribution in [2.24, 2.45) is 0 Å². The first-order valence-electron chi connectivity index (χ1n) is 8.01. The summed E-state index contributed by atoms with van der Waals surface area (Å²) < 4.78 is 1.10. The van der Waals surface area contributed by atoms with E-state index in [0.29, 0.717) is 13.1 Å². The summed E-state index contributed by atoms with van der Waals surface area (Å²) in [4.78, 5) is 14.4. The highest BCUT2D eigenvalue weighted by Gasteiger charge is 2.12. The number of halogens is 1. The van der Waals surface area contributed by atoms with E-state index in [-0.39, 0.29) is 5.57 Å². The molecule has 2 aromatic carbocycles. The number of hydrogen-bond acceptors (Lipinski definition) is 3. The van der Waals surface area contributed by atoms with Crippen LogP contribution in [0.1, 0.15) is 18.1 Å². The predicted molar refractivity (Wildman–Crippen MR) is 109 cm³/mol. The largest absolute Gasteiger partial charge is 0.372 e. The van der Waals surface area contributed by atoms with E-state index in [2.05, 4.69) is 27.9 Å². The minimum atomic E-state index is -0.390. The molecule has 25 heavy (non-hydrogen) atoms. The molecule has 0 radical (unpaired) electrons. The molecule has 2 rings (SSSR count). The normalized spacial score (nSPS) is 10.9. The van der Waals surface area contributed by atoms with Crippen molar-refractivity contribution >= 4 is 34.2 Å². The summed E-state index contributed by atoms with van der Waals surface area (Å²) in [5.41, 5.74) is 2.91. The van der Waals surface area contributed by atoms with Crippen LogP contribution in [0.25, 0.3) is 0 Å². The van der Waals surface area contributed by atoms with E-state index >= 15 is 0 Å². The Hall–Kier alpha value is -2.33. The van der Waals surface area contributed by atoms with Crippen molar-refractivity contribution in [2.45, 2.75) is 20.4 Å². The second-order valence-electron chi connectivity index (χ2n) is 5.62. The zero-order valence-electron chi connectivity index (χ0n) is 14.3. The van der Waals surface area contributed by atoms with Gasteiger partial charge in [-0.3, -0.25) is 4.79 Å². The Morgan fingerprint density at radius 1 is 1.28 bits per heavy atom. The van der Waals surface area contributed by atoms with Crippen molar-refractivity contribution in [2.75, 3.05) is 11.9 Å². The van der Waals surface area contributed by atoms with Gasteiger partial charge in [0.15, 0.2) is 0 Å². The molecule has 0 aromatic heterocycles. The molecule has 1 amide bonds. The Kier molecular flexibility index (Phi) is 7.02. The van der Waals surface area contributed by atoms with Crippen LogP contribution in [-0.2, 0) is 11.3 Å². The molecule has 5 heteroatoms. The molecule has 0 aliphatic carbocycles. The lowest BCUT2D eigenvalue weighted by Crippen LogP contribution is -2.21. The molecule has 128 valence electrons. The van der Waals surface area contributed by atoms with Gasteiger partial charge in [-0.25, -0.2) is 0 Å². The minimum Gasteiger partial charge on any atom is -0.372 e. The average Bonchev–Trinajstić information content (AvgIpc) is 2.61. The van der Waals surface area contributed by atoms with Crippen LogP contribution in [-0.4, -0.2) is 17.4 Å². The lowest BCUT2D eigenvalue weighted by molar-refractivity contribution is -0.112. The van der Waals surface area contributed by atoms with Crippen LogP contribution in [0.4, 0.5) is 5.69 Å². The van der Waals surface area contributed by atoms with E-state index in [1.165, 1.54) is 0 Å². The lowest BCUT2D eigenvalue weighted by atomic mass is 10.2. The molecule has 1 N–H and O–H groups in total. The zero-order chi connectivity index (χ0) is 18.2. The van der Waals surface area contributed by atoms with E-state index in [4.69, 9.17) is 0 Å². The SMILES string of the molecule is CCN(/C=C(/C#N)C(=O)Nc1ccc(I)cc1C)Cc1ccccc1. The van der Waals surface area contributed by atoms with Crippen LogP contribution in [0, 0.1) is 21.8 Å². The van der Waals surface area contributed by atoms with E-state index in [1.807, 2.05) is 73.3 Å². The van der Waals surface area contributed by atoms with Gasteiger partial charge in [0.05, 0.1) is 0 Å². The number of hydrogen-bond donors (Lipinski definition) is 1. The molecule has 2 aromatic rings. The van der Waals surface area contributed by atoms with E-state index in [9.17, 15) is 10.1 Å². The summed E-state index contributed by atoms with van der Waals surface area (Å²) in [5, 5.41) is 12.2.